The second-order valence-electron chi connectivity index (χ2n) is 4.68. The Hall–Kier alpha value is -2.18. The maximum absolute atomic E-state index is 11.3. The van der Waals surface area contributed by atoms with Gasteiger partial charge in [-0.1, -0.05) is 30.3 Å². The standard InChI is InChI=1S/C15H16O6/c1-9(16)20-14(10-5-3-2-4-6-10)13(19)15-11(17)7-8-12(18)21-15/h2-8,11,13-15,17,19H,1H3/t11?,13-,14-,15?/m1/s1. The number of carbonyl (C=O) groups is 2. The highest BCUT2D eigenvalue weighted by molar-refractivity contribution is 5.83. The number of ether oxygens (including phenoxy) is 2. The Morgan fingerprint density at radius 2 is 2.00 bits per heavy atom. The van der Waals surface area contributed by atoms with Gasteiger partial charge in [0.15, 0.2) is 12.2 Å². The molecule has 0 radical (unpaired) electrons. The molecule has 2 unspecified atom stereocenters. The summed E-state index contributed by atoms with van der Waals surface area (Å²) in [7, 11) is 0. The topological polar surface area (TPSA) is 93.1 Å². The van der Waals surface area contributed by atoms with Crippen LogP contribution in [0.25, 0.3) is 0 Å². The van der Waals surface area contributed by atoms with E-state index in [9.17, 15) is 19.8 Å². The zero-order chi connectivity index (χ0) is 15.4. The third kappa shape index (κ3) is 3.68. The smallest absolute Gasteiger partial charge is 0.330 e. The van der Waals surface area contributed by atoms with Crippen LogP contribution in [0.1, 0.15) is 18.6 Å². The first-order chi connectivity index (χ1) is 9.99. The molecule has 1 aromatic rings. The first-order valence-corrected chi connectivity index (χ1v) is 6.46. The van der Waals surface area contributed by atoms with Crippen LogP contribution >= 0.6 is 0 Å². The fraction of sp³-hybridized carbons (Fsp3) is 0.333. The minimum atomic E-state index is -1.39. The zero-order valence-electron chi connectivity index (χ0n) is 11.4. The molecule has 21 heavy (non-hydrogen) atoms. The highest BCUT2D eigenvalue weighted by atomic mass is 16.6. The van der Waals surface area contributed by atoms with Crippen molar-refractivity contribution in [2.24, 2.45) is 0 Å². The summed E-state index contributed by atoms with van der Waals surface area (Å²) in [4.78, 5) is 22.5. The average molecular weight is 292 g/mol. The van der Waals surface area contributed by atoms with E-state index in [-0.39, 0.29) is 0 Å². The normalized spacial score (nSPS) is 24.0. The molecule has 2 rings (SSSR count). The lowest BCUT2D eigenvalue weighted by Gasteiger charge is -2.32. The summed E-state index contributed by atoms with van der Waals surface area (Å²) in [6.07, 6.45) is -2.48. The van der Waals surface area contributed by atoms with Gasteiger partial charge in [-0.2, -0.15) is 0 Å². The van der Waals surface area contributed by atoms with Crippen LogP contribution in [0.2, 0.25) is 0 Å². The van der Waals surface area contributed by atoms with Crippen molar-refractivity contribution >= 4 is 11.9 Å². The average Bonchev–Trinajstić information content (AvgIpc) is 2.47. The molecule has 0 fully saturated rings. The van der Waals surface area contributed by atoms with E-state index in [1.54, 1.807) is 30.3 Å². The Morgan fingerprint density at radius 1 is 1.33 bits per heavy atom. The largest absolute Gasteiger partial charge is 0.455 e. The summed E-state index contributed by atoms with van der Waals surface area (Å²) in [5.41, 5.74) is 0.540. The van der Waals surface area contributed by atoms with Gasteiger partial charge in [0.2, 0.25) is 0 Å². The summed E-state index contributed by atoms with van der Waals surface area (Å²) in [5.74, 6) is -1.26. The number of aliphatic hydroxyl groups is 2. The first-order valence-electron chi connectivity index (χ1n) is 6.46. The maximum atomic E-state index is 11.3. The Labute approximate surface area is 121 Å². The van der Waals surface area contributed by atoms with Gasteiger partial charge in [-0.15, -0.1) is 0 Å². The number of cyclic esters (lactones) is 1. The van der Waals surface area contributed by atoms with E-state index in [1.165, 1.54) is 13.0 Å². The van der Waals surface area contributed by atoms with Crippen LogP contribution in [0.4, 0.5) is 0 Å². The van der Waals surface area contributed by atoms with Crippen LogP contribution in [-0.2, 0) is 19.1 Å². The van der Waals surface area contributed by atoms with Crippen molar-refractivity contribution in [3.05, 3.63) is 48.0 Å². The van der Waals surface area contributed by atoms with Gasteiger partial charge in [0.25, 0.3) is 0 Å². The lowest BCUT2D eigenvalue weighted by molar-refractivity contribution is -0.176. The van der Waals surface area contributed by atoms with Gasteiger partial charge in [0, 0.05) is 13.0 Å². The molecule has 6 heteroatoms. The minimum Gasteiger partial charge on any atom is -0.455 e. The molecule has 0 saturated carbocycles. The predicted octanol–water partition coefficient (Wildman–Crippen LogP) is 0.494. The molecule has 1 aromatic carbocycles. The second kappa shape index (κ2) is 6.51. The van der Waals surface area contributed by atoms with E-state index < -0.39 is 36.4 Å². The van der Waals surface area contributed by atoms with Crippen molar-refractivity contribution in [3.63, 3.8) is 0 Å². The Bertz CT molecular complexity index is 538. The van der Waals surface area contributed by atoms with Crippen LogP contribution in [0.5, 0.6) is 0 Å². The van der Waals surface area contributed by atoms with Crippen LogP contribution in [-0.4, -0.2) is 40.5 Å². The van der Waals surface area contributed by atoms with Crippen molar-refractivity contribution < 1.29 is 29.3 Å². The van der Waals surface area contributed by atoms with Gasteiger partial charge >= 0.3 is 11.9 Å². The molecule has 0 aliphatic carbocycles. The monoisotopic (exact) mass is 292 g/mol. The van der Waals surface area contributed by atoms with Gasteiger partial charge in [-0.05, 0) is 11.6 Å². The van der Waals surface area contributed by atoms with E-state index in [2.05, 4.69) is 0 Å². The molecule has 0 bridgehead atoms. The summed E-state index contributed by atoms with van der Waals surface area (Å²) in [6, 6.07) is 8.57. The third-order valence-electron chi connectivity index (χ3n) is 3.09. The van der Waals surface area contributed by atoms with Crippen LogP contribution in [0.3, 0.4) is 0 Å². The molecule has 0 spiro atoms. The zero-order valence-corrected chi connectivity index (χ0v) is 11.4. The van der Waals surface area contributed by atoms with E-state index in [4.69, 9.17) is 9.47 Å². The summed E-state index contributed by atoms with van der Waals surface area (Å²) < 4.78 is 10.0. The highest BCUT2D eigenvalue weighted by Gasteiger charge is 2.38. The van der Waals surface area contributed by atoms with Crippen LogP contribution in [0.15, 0.2) is 42.5 Å². The molecule has 6 nitrogen and oxygen atoms in total. The van der Waals surface area contributed by atoms with E-state index >= 15 is 0 Å². The van der Waals surface area contributed by atoms with E-state index in [0.717, 1.165) is 6.08 Å². The van der Waals surface area contributed by atoms with Gasteiger partial charge in [0.05, 0.1) is 0 Å². The lowest BCUT2D eigenvalue weighted by atomic mass is 9.96. The SMILES string of the molecule is CC(=O)O[C@H](c1ccccc1)[C@@H](O)C1OC(=O)C=CC1O. The van der Waals surface area contributed by atoms with Gasteiger partial charge in [-0.3, -0.25) is 4.79 Å². The number of carbonyl (C=O) groups excluding carboxylic acids is 2. The third-order valence-corrected chi connectivity index (χ3v) is 3.09. The van der Waals surface area contributed by atoms with Crippen LogP contribution in [0, 0.1) is 0 Å². The van der Waals surface area contributed by atoms with E-state index in [0.29, 0.717) is 5.56 Å². The molecule has 4 atom stereocenters. The number of hydrogen-bond acceptors (Lipinski definition) is 6. The molecule has 0 amide bonds. The lowest BCUT2D eigenvalue weighted by Crippen LogP contribution is -2.46. The minimum absolute atomic E-state index is 0.540. The molecule has 0 aromatic heterocycles. The Balaban J connectivity index is 2.26. The number of aliphatic hydroxyl groups excluding tert-OH is 2. The molecule has 2 N–H and O–H groups in total. The molecular formula is C15H16O6. The number of rotatable bonds is 4. The first kappa shape index (κ1) is 15.2. The molecule has 1 aliphatic rings. The number of benzene rings is 1. The fourth-order valence-electron chi connectivity index (χ4n) is 2.13. The predicted molar refractivity (Wildman–Crippen MR) is 72.0 cm³/mol. The summed E-state index contributed by atoms with van der Waals surface area (Å²) in [5, 5.41) is 20.2. The molecule has 1 heterocycles. The van der Waals surface area contributed by atoms with Crippen molar-refractivity contribution in [2.75, 3.05) is 0 Å². The maximum Gasteiger partial charge on any atom is 0.330 e. The van der Waals surface area contributed by atoms with Crippen molar-refractivity contribution in [3.8, 4) is 0 Å². The summed E-state index contributed by atoms with van der Waals surface area (Å²) >= 11 is 0. The van der Waals surface area contributed by atoms with E-state index in [1.807, 2.05) is 0 Å². The van der Waals surface area contributed by atoms with Gasteiger partial charge < -0.3 is 19.7 Å². The van der Waals surface area contributed by atoms with Crippen LogP contribution < -0.4 is 0 Å². The van der Waals surface area contributed by atoms with Crippen molar-refractivity contribution in [2.45, 2.75) is 31.3 Å². The Kier molecular flexibility index (Phi) is 4.72. The Morgan fingerprint density at radius 3 is 2.62 bits per heavy atom. The highest BCUT2D eigenvalue weighted by Crippen LogP contribution is 2.27. The second-order valence-corrected chi connectivity index (χ2v) is 4.68. The van der Waals surface area contributed by atoms with Crippen molar-refractivity contribution in [1.82, 2.24) is 0 Å². The molecular weight excluding hydrogens is 276 g/mol. The van der Waals surface area contributed by atoms with Crippen molar-refractivity contribution in [1.29, 1.82) is 0 Å². The van der Waals surface area contributed by atoms with Gasteiger partial charge in [-0.25, -0.2) is 4.79 Å². The van der Waals surface area contributed by atoms with Gasteiger partial charge in [0.1, 0.15) is 12.2 Å². The number of esters is 2. The molecule has 0 saturated heterocycles. The number of hydrogen-bond donors (Lipinski definition) is 2. The molecule has 1 aliphatic heterocycles. The fourth-order valence-corrected chi connectivity index (χ4v) is 2.13. The quantitative estimate of drug-likeness (QED) is 0.785. The summed E-state index contributed by atoms with van der Waals surface area (Å²) in [6.45, 7) is 1.21. The molecule has 112 valence electrons.